The van der Waals surface area contributed by atoms with Gasteiger partial charge in [-0.25, -0.2) is 0 Å². The van der Waals surface area contributed by atoms with Crippen LogP contribution in [0, 0.1) is 0 Å². The first kappa shape index (κ1) is 14.6. The van der Waals surface area contributed by atoms with Gasteiger partial charge in [-0.1, -0.05) is 38.0 Å². The quantitative estimate of drug-likeness (QED) is 0.523. The third kappa shape index (κ3) is 5.26. The summed E-state index contributed by atoms with van der Waals surface area (Å²) >= 11 is 0. The fourth-order valence-corrected chi connectivity index (χ4v) is 1.94. The summed E-state index contributed by atoms with van der Waals surface area (Å²) in [4.78, 5) is 0. The molecule has 2 heteroatoms. The summed E-state index contributed by atoms with van der Waals surface area (Å²) in [6.45, 7) is 2.20. The van der Waals surface area contributed by atoms with Crippen molar-refractivity contribution in [3.05, 3.63) is 35.9 Å². The van der Waals surface area contributed by atoms with Gasteiger partial charge in [0.2, 0.25) is 0 Å². The maximum absolute atomic E-state index is 9.62. The van der Waals surface area contributed by atoms with E-state index < -0.39 is 0 Å². The average molecular weight is 248 g/mol. The Bertz CT molecular complexity index is 349. The zero-order chi connectivity index (χ0) is 13.2. The van der Waals surface area contributed by atoms with Crippen LogP contribution in [0.3, 0.4) is 0 Å². The molecule has 18 heavy (non-hydrogen) atoms. The molecule has 0 heterocycles. The van der Waals surface area contributed by atoms with E-state index in [2.05, 4.69) is 19.1 Å². The molecule has 0 atom stereocenters. The molecule has 0 bridgehead atoms. The Balaban J connectivity index is 2.20. The van der Waals surface area contributed by atoms with E-state index in [4.69, 9.17) is 0 Å². The molecule has 0 aliphatic rings. The average Bonchev–Trinajstić information content (AvgIpc) is 2.35. The second-order valence-electron chi connectivity index (χ2n) is 4.63. The summed E-state index contributed by atoms with van der Waals surface area (Å²) in [5.74, 6) is 0.405. The van der Waals surface area contributed by atoms with E-state index in [0.717, 1.165) is 25.7 Å². The molecule has 0 saturated heterocycles. The lowest BCUT2D eigenvalue weighted by Crippen LogP contribution is -1.87. The van der Waals surface area contributed by atoms with Crippen LogP contribution < -0.4 is 0 Å². The fraction of sp³-hybridized carbons (Fsp3) is 0.500. The van der Waals surface area contributed by atoms with Crippen LogP contribution in [0.2, 0.25) is 0 Å². The monoisotopic (exact) mass is 248 g/mol. The molecule has 100 valence electrons. The van der Waals surface area contributed by atoms with Crippen molar-refractivity contribution in [1.29, 1.82) is 0 Å². The summed E-state index contributed by atoms with van der Waals surface area (Å²) in [5.41, 5.74) is 0.674. The van der Waals surface area contributed by atoms with Crippen molar-refractivity contribution in [2.45, 2.75) is 51.9 Å². The Kier molecular flexibility index (Phi) is 7.00. The normalized spacial score (nSPS) is 11.2. The van der Waals surface area contributed by atoms with Gasteiger partial charge in [-0.3, -0.25) is 0 Å². The Labute approximate surface area is 110 Å². The number of hydrogen-bond acceptors (Lipinski definition) is 2. The summed E-state index contributed by atoms with van der Waals surface area (Å²) in [6.07, 6.45) is 12.1. The molecule has 0 aliphatic carbocycles. The number of aromatic hydroxyl groups is 2. The number of phenolic OH excluding ortho intramolecular Hbond substituents is 2. The van der Waals surface area contributed by atoms with Crippen molar-refractivity contribution in [2.24, 2.45) is 0 Å². The molecule has 0 aliphatic heterocycles. The second-order valence-corrected chi connectivity index (χ2v) is 4.63. The Morgan fingerprint density at radius 3 is 2.17 bits per heavy atom. The first-order valence-electron chi connectivity index (χ1n) is 6.90. The molecule has 0 spiro atoms. The zero-order valence-corrected chi connectivity index (χ0v) is 11.2. The van der Waals surface area contributed by atoms with E-state index in [9.17, 15) is 10.2 Å². The Hall–Kier alpha value is -1.44. The van der Waals surface area contributed by atoms with Crippen LogP contribution in [0.15, 0.2) is 30.4 Å². The minimum atomic E-state index is 0.202. The highest BCUT2D eigenvalue weighted by atomic mass is 16.3. The highest BCUT2D eigenvalue weighted by Gasteiger charge is 2.05. The number of allylic oxidation sites excluding steroid dienone is 2. The lowest BCUT2D eigenvalue weighted by atomic mass is 10.0. The molecule has 0 amide bonds. The van der Waals surface area contributed by atoms with Gasteiger partial charge in [0.05, 0.1) is 0 Å². The van der Waals surface area contributed by atoms with Crippen LogP contribution in [0.25, 0.3) is 0 Å². The van der Waals surface area contributed by atoms with Crippen LogP contribution in [-0.4, -0.2) is 10.2 Å². The van der Waals surface area contributed by atoms with Gasteiger partial charge in [0, 0.05) is 5.56 Å². The molecular formula is C16H24O2. The lowest BCUT2D eigenvalue weighted by molar-refractivity contribution is 0.436. The van der Waals surface area contributed by atoms with E-state index >= 15 is 0 Å². The standard InChI is InChI=1S/C16H24O2/c1-2-3-4-5-6-7-8-9-11-14-15(17)12-10-13-16(14)18/h5-6,10,12-13,17-18H,2-4,7-9,11H2,1H3. The van der Waals surface area contributed by atoms with Crippen molar-refractivity contribution in [1.82, 2.24) is 0 Å². The molecule has 1 aromatic rings. The van der Waals surface area contributed by atoms with Gasteiger partial charge in [0.1, 0.15) is 11.5 Å². The lowest BCUT2D eigenvalue weighted by Gasteiger charge is -2.06. The van der Waals surface area contributed by atoms with Crippen molar-refractivity contribution in [2.75, 3.05) is 0 Å². The summed E-state index contributed by atoms with van der Waals surface area (Å²) in [5, 5.41) is 19.2. The molecular weight excluding hydrogens is 224 g/mol. The smallest absolute Gasteiger partial charge is 0.122 e. The summed E-state index contributed by atoms with van der Waals surface area (Å²) in [7, 11) is 0. The molecule has 1 rings (SSSR count). The predicted octanol–water partition coefficient (Wildman–Crippen LogP) is 4.56. The van der Waals surface area contributed by atoms with E-state index in [1.807, 2.05) is 0 Å². The molecule has 0 fully saturated rings. The first-order chi connectivity index (χ1) is 8.75. The van der Waals surface area contributed by atoms with Crippen molar-refractivity contribution < 1.29 is 10.2 Å². The number of hydrogen-bond donors (Lipinski definition) is 2. The largest absolute Gasteiger partial charge is 0.508 e. The topological polar surface area (TPSA) is 40.5 Å². The SMILES string of the molecule is CCCCC=CCCCCc1c(O)cccc1O. The summed E-state index contributed by atoms with van der Waals surface area (Å²) in [6, 6.07) is 4.91. The van der Waals surface area contributed by atoms with Crippen molar-refractivity contribution in [3.8, 4) is 11.5 Å². The molecule has 0 saturated carbocycles. The number of benzene rings is 1. The van der Waals surface area contributed by atoms with Crippen LogP contribution in [0.1, 0.15) is 51.0 Å². The number of unbranched alkanes of at least 4 members (excludes halogenated alkanes) is 4. The van der Waals surface area contributed by atoms with E-state index in [1.165, 1.54) is 19.3 Å². The second kappa shape index (κ2) is 8.62. The van der Waals surface area contributed by atoms with Gasteiger partial charge in [-0.2, -0.15) is 0 Å². The Morgan fingerprint density at radius 2 is 1.56 bits per heavy atom. The minimum Gasteiger partial charge on any atom is -0.508 e. The summed E-state index contributed by atoms with van der Waals surface area (Å²) < 4.78 is 0. The maximum atomic E-state index is 9.62. The number of rotatable bonds is 8. The molecule has 0 aromatic heterocycles. The van der Waals surface area contributed by atoms with Gasteiger partial charge in [-0.05, 0) is 44.2 Å². The molecule has 2 N–H and O–H groups in total. The van der Waals surface area contributed by atoms with Crippen LogP contribution in [0.5, 0.6) is 11.5 Å². The van der Waals surface area contributed by atoms with Gasteiger partial charge in [-0.15, -0.1) is 0 Å². The van der Waals surface area contributed by atoms with E-state index in [0.29, 0.717) is 5.56 Å². The van der Waals surface area contributed by atoms with Crippen LogP contribution in [-0.2, 0) is 6.42 Å². The van der Waals surface area contributed by atoms with E-state index in [1.54, 1.807) is 18.2 Å². The third-order valence-corrected chi connectivity index (χ3v) is 3.07. The van der Waals surface area contributed by atoms with Crippen LogP contribution >= 0.6 is 0 Å². The molecule has 2 nitrogen and oxygen atoms in total. The fourth-order valence-electron chi connectivity index (χ4n) is 1.94. The van der Waals surface area contributed by atoms with E-state index in [-0.39, 0.29) is 11.5 Å². The minimum absolute atomic E-state index is 0.202. The van der Waals surface area contributed by atoms with Gasteiger partial charge >= 0.3 is 0 Å². The zero-order valence-electron chi connectivity index (χ0n) is 11.2. The van der Waals surface area contributed by atoms with Gasteiger partial charge in [0.25, 0.3) is 0 Å². The number of phenols is 2. The molecule has 0 radical (unpaired) electrons. The highest BCUT2D eigenvalue weighted by molar-refractivity contribution is 5.42. The Morgan fingerprint density at radius 1 is 0.944 bits per heavy atom. The third-order valence-electron chi connectivity index (χ3n) is 3.07. The molecule has 1 aromatic carbocycles. The molecule has 0 unspecified atom stereocenters. The first-order valence-corrected chi connectivity index (χ1v) is 6.90. The van der Waals surface area contributed by atoms with Gasteiger partial charge < -0.3 is 10.2 Å². The van der Waals surface area contributed by atoms with Crippen molar-refractivity contribution in [3.63, 3.8) is 0 Å². The maximum Gasteiger partial charge on any atom is 0.122 e. The predicted molar refractivity (Wildman–Crippen MR) is 76.0 cm³/mol. The van der Waals surface area contributed by atoms with Gasteiger partial charge in [0.15, 0.2) is 0 Å². The highest BCUT2D eigenvalue weighted by Crippen LogP contribution is 2.27. The van der Waals surface area contributed by atoms with Crippen LogP contribution in [0.4, 0.5) is 0 Å². The van der Waals surface area contributed by atoms with Crippen molar-refractivity contribution >= 4 is 0 Å².